The molecule has 0 amide bonds. The van der Waals surface area contributed by atoms with Gasteiger partial charge in [-0.05, 0) is 12.1 Å². The Morgan fingerprint density at radius 3 is 2.44 bits per heavy atom. The van der Waals surface area contributed by atoms with Gasteiger partial charge in [0.2, 0.25) is 0 Å². The van der Waals surface area contributed by atoms with Crippen LogP contribution in [0.25, 0.3) is 12.2 Å². The number of aromatic amines is 1. The van der Waals surface area contributed by atoms with Crippen molar-refractivity contribution in [3.63, 3.8) is 0 Å². The number of hydrogen-bond donors (Lipinski definition) is 1. The summed E-state index contributed by atoms with van der Waals surface area (Å²) in [5.74, 6) is -0.573. The van der Waals surface area contributed by atoms with Crippen LogP contribution in [0.1, 0.15) is 26.3 Å². The molecular weight excluding hydrogens is 355 g/mol. The molecule has 0 fully saturated rings. The van der Waals surface area contributed by atoms with Crippen molar-refractivity contribution < 1.29 is 22.7 Å². The van der Waals surface area contributed by atoms with Crippen LogP contribution in [-0.2, 0) is 4.79 Å². The second-order valence-electron chi connectivity index (χ2n) is 6.27. The largest absolute Gasteiger partial charge is 0.573 e. The second-order valence-corrected chi connectivity index (χ2v) is 7.36. The number of nitrogens with one attached hydrogen (secondary N) is 1. The summed E-state index contributed by atoms with van der Waals surface area (Å²) in [4.78, 5) is 26.5. The number of ether oxygens (including phenoxy) is 1. The van der Waals surface area contributed by atoms with E-state index in [0.29, 0.717) is 4.66 Å². The average molecular weight is 371 g/mol. The first-order valence-corrected chi connectivity index (χ1v) is 8.09. The summed E-state index contributed by atoms with van der Waals surface area (Å²) in [7, 11) is 0. The number of rotatable bonds is 3. The highest BCUT2D eigenvalue weighted by Gasteiger charge is 2.31. The van der Waals surface area contributed by atoms with Crippen molar-refractivity contribution in [1.29, 1.82) is 0 Å². The zero-order valence-electron chi connectivity index (χ0n) is 13.7. The maximum atomic E-state index is 12.5. The molecule has 0 saturated carbocycles. The van der Waals surface area contributed by atoms with Crippen LogP contribution >= 0.6 is 11.3 Å². The number of halogens is 3. The minimum absolute atomic E-state index is 0.112. The summed E-state index contributed by atoms with van der Waals surface area (Å²) < 4.78 is 41.8. The van der Waals surface area contributed by atoms with Gasteiger partial charge in [0.05, 0.1) is 9.20 Å². The Hall–Kier alpha value is -2.35. The fraction of sp³-hybridized carbons (Fsp3) is 0.294. The fourth-order valence-corrected chi connectivity index (χ4v) is 2.69. The van der Waals surface area contributed by atoms with Gasteiger partial charge in [-0.3, -0.25) is 9.59 Å². The van der Waals surface area contributed by atoms with E-state index in [-0.39, 0.29) is 15.9 Å². The van der Waals surface area contributed by atoms with E-state index in [0.717, 1.165) is 17.4 Å². The molecule has 0 spiro atoms. The number of carbonyl (C=O) groups is 1. The molecular formula is C17H16F3NO3S. The highest BCUT2D eigenvalue weighted by Crippen LogP contribution is 2.26. The van der Waals surface area contributed by atoms with Crippen molar-refractivity contribution >= 4 is 29.3 Å². The summed E-state index contributed by atoms with van der Waals surface area (Å²) in [5.41, 5.74) is -0.974. The monoisotopic (exact) mass is 371 g/mol. The molecule has 0 atom stereocenters. The average Bonchev–Trinajstić information content (AvgIpc) is 2.78. The van der Waals surface area contributed by atoms with E-state index >= 15 is 0 Å². The predicted octanol–water partition coefficient (Wildman–Crippen LogP) is 2.56. The number of benzene rings is 1. The Kier molecular flexibility index (Phi) is 5.22. The molecule has 0 aliphatic carbocycles. The summed E-state index contributed by atoms with van der Waals surface area (Å²) in [5, 5.41) is 0. The van der Waals surface area contributed by atoms with Crippen molar-refractivity contribution in [2.24, 2.45) is 5.41 Å². The van der Waals surface area contributed by atoms with E-state index in [1.165, 1.54) is 30.4 Å². The van der Waals surface area contributed by atoms with E-state index in [2.05, 4.69) is 9.72 Å². The second kappa shape index (κ2) is 6.87. The van der Waals surface area contributed by atoms with Gasteiger partial charge in [0.1, 0.15) is 5.75 Å². The van der Waals surface area contributed by atoms with Crippen molar-refractivity contribution in [3.05, 3.63) is 49.4 Å². The molecule has 1 heterocycles. The predicted molar refractivity (Wildman–Crippen MR) is 89.8 cm³/mol. The van der Waals surface area contributed by atoms with Crippen LogP contribution in [0.4, 0.5) is 13.2 Å². The fourth-order valence-electron chi connectivity index (χ4n) is 1.82. The van der Waals surface area contributed by atoms with Crippen LogP contribution in [0.5, 0.6) is 5.75 Å². The molecule has 1 aromatic heterocycles. The number of thiazole rings is 1. The van der Waals surface area contributed by atoms with Gasteiger partial charge in [0.15, 0.2) is 5.78 Å². The van der Waals surface area contributed by atoms with Gasteiger partial charge in [-0.25, -0.2) is 0 Å². The molecule has 0 saturated heterocycles. The zero-order chi connectivity index (χ0) is 18.8. The highest BCUT2D eigenvalue weighted by atomic mass is 32.1. The van der Waals surface area contributed by atoms with Crippen LogP contribution in [0.3, 0.4) is 0 Å². The van der Waals surface area contributed by atoms with E-state index < -0.39 is 23.1 Å². The first-order valence-electron chi connectivity index (χ1n) is 7.27. The lowest BCUT2D eigenvalue weighted by molar-refractivity contribution is -0.274. The van der Waals surface area contributed by atoms with Gasteiger partial charge in [-0.1, -0.05) is 39.0 Å². The Bertz CT molecular complexity index is 949. The third kappa shape index (κ3) is 5.32. The number of Topliss-reactive ketones (excluding diaryl/α,β-unsaturated/α-hetero) is 1. The van der Waals surface area contributed by atoms with Crippen molar-refractivity contribution in [2.75, 3.05) is 0 Å². The van der Waals surface area contributed by atoms with E-state index in [1.54, 1.807) is 20.8 Å². The smallest absolute Gasteiger partial charge is 0.405 e. The molecule has 8 heteroatoms. The molecule has 0 radical (unpaired) electrons. The molecule has 2 rings (SSSR count). The summed E-state index contributed by atoms with van der Waals surface area (Å²) in [6.45, 7) is 5.24. The summed E-state index contributed by atoms with van der Waals surface area (Å²) in [6.07, 6.45) is -2.21. The Labute approximate surface area is 145 Å². The number of aromatic nitrogens is 1. The Morgan fingerprint density at radius 1 is 1.20 bits per heavy atom. The summed E-state index contributed by atoms with van der Waals surface area (Å²) in [6, 6.07) is 5.51. The van der Waals surface area contributed by atoms with E-state index in [1.807, 2.05) is 0 Å². The van der Waals surface area contributed by atoms with Gasteiger partial charge >= 0.3 is 6.36 Å². The molecule has 4 nitrogen and oxygen atoms in total. The van der Waals surface area contributed by atoms with Crippen LogP contribution < -0.4 is 19.5 Å². The lowest BCUT2D eigenvalue weighted by atomic mass is 9.91. The van der Waals surface area contributed by atoms with Crippen LogP contribution in [0, 0.1) is 5.41 Å². The van der Waals surface area contributed by atoms with Crippen molar-refractivity contribution in [3.8, 4) is 5.75 Å². The highest BCUT2D eigenvalue weighted by molar-refractivity contribution is 7.07. The van der Waals surface area contributed by atoms with Gasteiger partial charge in [-0.2, -0.15) is 0 Å². The number of H-pyrrole nitrogens is 1. The zero-order valence-corrected chi connectivity index (χ0v) is 14.5. The minimum Gasteiger partial charge on any atom is -0.405 e. The van der Waals surface area contributed by atoms with Gasteiger partial charge in [0.25, 0.3) is 5.56 Å². The SMILES string of the molecule is CC(C)(C)C(=O)C=c1[nH]c(=O)c(=Cc2ccccc2OC(F)(F)F)s1. The van der Waals surface area contributed by atoms with Gasteiger partial charge < -0.3 is 9.72 Å². The third-order valence-electron chi connectivity index (χ3n) is 3.11. The topological polar surface area (TPSA) is 59.2 Å². The van der Waals surface area contributed by atoms with Crippen LogP contribution in [-0.4, -0.2) is 17.1 Å². The van der Waals surface area contributed by atoms with Gasteiger partial charge in [-0.15, -0.1) is 24.5 Å². The molecule has 1 N–H and O–H groups in total. The molecule has 0 aliphatic heterocycles. The van der Waals surface area contributed by atoms with Crippen LogP contribution in [0.2, 0.25) is 0 Å². The first-order chi connectivity index (χ1) is 11.5. The number of ketones is 1. The van der Waals surface area contributed by atoms with Gasteiger partial charge in [0, 0.05) is 17.1 Å². The molecule has 134 valence electrons. The normalized spacial score (nSPS) is 14.0. The standard InChI is InChI=1S/C17H16F3NO3S/c1-16(2,3)13(22)9-14-21-15(23)12(25-14)8-10-6-4-5-7-11(10)24-17(18,19)20/h4-9H,1-3H3,(H,21,23). The molecule has 0 unspecified atom stereocenters. The van der Waals surface area contributed by atoms with E-state index in [4.69, 9.17) is 0 Å². The van der Waals surface area contributed by atoms with Crippen LogP contribution in [0.15, 0.2) is 29.1 Å². The number of carbonyl (C=O) groups excluding carboxylic acids is 1. The third-order valence-corrected chi connectivity index (χ3v) is 4.08. The maximum absolute atomic E-state index is 12.5. The molecule has 0 aliphatic rings. The number of para-hydroxylation sites is 1. The number of alkyl halides is 3. The maximum Gasteiger partial charge on any atom is 0.573 e. The lowest BCUT2D eigenvalue weighted by Crippen LogP contribution is -2.22. The van der Waals surface area contributed by atoms with Crippen molar-refractivity contribution in [2.45, 2.75) is 27.1 Å². The van der Waals surface area contributed by atoms with E-state index in [9.17, 15) is 22.8 Å². The minimum atomic E-state index is -4.83. The first kappa shape index (κ1) is 19.0. The molecule has 1 aromatic carbocycles. The Balaban J connectivity index is 2.50. The Morgan fingerprint density at radius 2 is 1.84 bits per heavy atom. The quantitative estimate of drug-likeness (QED) is 0.902. The molecule has 25 heavy (non-hydrogen) atoms. The molecule has 2 aromatic rings. The van der Waals surface area contributed by atoms with Crippen molar-refractivity contribution in [1.82, 2.24) is 4.98 Å². The number of hydrogen-bond acceptors (Lipinski definition) is 4. The summed E-state index contributed by atoms with van der Waals surface area (Å²) >= 11 is 0.989. The lowest BCUT2D eigenvalue weighted by Gasteiger charge is -2.12. The molecule has 0 bridgehead atoms.